The molecule has 0 fully saturated rings. The van der Waals surface area contributed by atoms with Crippen LogP contribution in [0.4, 0.5) is 0 Å². The van der Waals surface area contributed by atoms with Gasteiger partial charge in [0.15, 0.2) is 6.29 Å². The lowest BCUT2D eigenvalue weighted by molar-refractivity contribution is 0.112. The Labute approximate surface area is 116 Å². The van der Waals surface area contributed by atoms with Crippen molar-refractivity contribution in [1.29, 1.82) is 0 Å². The molecule has 100 valence electrons. The second kappa shape index (κ2) is 4.85. The first-order valence-electron chi connectivity index (χ1n) is 6.30. The Morgan fingerprint density at radius 2 is 1.50 bits per heavy atom. The highest BCUT2D eigenvalue weighted by molar-refractivity contribution is 6.12. The highest BCUT2D eigenvalue weighted by Crippen LogP contribution is 2.31. The molecule has 0 saturated carbocycles. The van der Waals surface area contributed by atoms with Crippen LogP contribution >= 0.6 is 0 Å². The maximum absolute atomic E-state index is 11.5. The van der Waals surface area contributed by atoms with E-state index in [1.165, 1.54) is 0 Å². The second-order valence-corrected chi connectivity index (χ2v) is 4.58. The molecule has 20 heavy (non-hydrogen) atoms. The van der Waals surface area contributed by atoms with Gasteiger partial charge in [0.1, 0.15) is 11.5 Å². The molecule has 0 aromatic heterocycles. The van der Waals surface area contributed by atoms with Gasteiger partial charge in [-0.25, -0.2) is 0 Å². The van der Waals surface area contributed by atoms with Crippen LogP contribution < -0.4 is 9.47 Å². The van der Waals surface area contributed by atoms with Gasteiger partial charge in [-0.2, -0.15) is 0 Å². The zero-order valence-electron chi connectivity index (χ0n) is 11.3. The number of carbonyl (C=O) groups excluding carboxylic acids is 1. The normalized spacial score (nSPS) is 10.7. The Balaban J connectivity index is 2.42. The Bertz CT molecular complexity index is 806. The van der Waals surface area contributed by atoms with Gasteiger partial charge in [0.25, 0.3) is 0 Å². The first-order chi connectivity index (χ1) is 9.76. The van der Waals surface area contributed by atoms with Crippen LogP contribution in [0, 0.1) is 0 Å². The van der Waals surface area contributed by atoms with Crippen LogP contribution in [0.15, 0.2) is 42.5 Å². The number of fused-ring (bicyclic) bond motifs is 2. The lowest BCUT2D eigenvalue weighted by Crippen LogP contribution is -1.90. The Morgan fingerprint density at radius 1 is 0.800 bits per heavy atom. The minimum atomic E-state index is 0.680. The molecule has 0 aliphatic rings. The van der Waals surface area contributed by atoms with Gasteiger partial charge < -0.3 is 9.47 Å². The summed E-state index contributed by atoms with van der Waals surface area (Å²) in [5.41, 5.74) is 0.680. The molecular formula is C17H14O3. The third kappa shape index (κ3) is 1.88. The van der Waals surface area contributed by atoms with Gasteiger partial charge in [-0.1, -0.05) is 6.07 Å². The molecule has 3 aromatic carbocycles. The molecule has 0 radical (unpaired) electrons. The lowest BCUT2D eigenvalue weighted by atomic mass is 9.97. The van der Waals surface area contributed by atoms with E-state index in [1.807, 2.05) is 36.4 Å². The predicted molar refractivity (Wildman–Crippen MR) is 79.9 cm³/mol. The van der Waals surface area contributed by atoms with Crippen LogP contribution in [0.25, 0.3) is 21.5 Å². The number of benzene rings is 3. The van der Waals surface area contributed by atoms with Crippen LogP contribution in [-0.2, 0) is 0 Å². The van der Waals surface area contributed by atoms with E-state index in [0.29, 0.717) is 5.56 Å². The summed E-state index contributed by atoms with van der Waals surface area (Å²) >= 11 is 0. The molecule has 3 nitrogen and oxygen atoms in total. The Morgan fingerprint density at radius 3 is 2.20 bits per heavy atom. The first kappa shape index (κ1) is 12.5. The van der Waals surface area contributed by atoms with Crippen LogP contribution in [0.3, 0.4) is 0 Å². The van der Waals surface area contributed by atoms with Crippen molar-refractivity contribution < 1.29 is 14.3 Å². The monoisotopic (exact) mass is 266 g/mol. The summed E-state index contributed by atoms with van der Waals surface area (Å²) in [6, 6.07) is 13.5. The van der Waals surface area contributed by atoms with E-state index in [1.54, 1.807) is 14.2 Å². The molecule has 0 spiro atoms. The Kier molecular flexibility index (Phi) is 3.03. The molecular weight excluding hydrogens is 252 g/mol. The van der Waals surface area contributed by atoms with Crippen molar-refractivity contribution in [3.63, 3.8) is 0 Å². The van der Waals surface area contributed by atoms with Crippen molar-refractivity contribution in [3.8, 4) is 11.5 Å². The SMILES string of the molecule is COc1ccc2c(C=O)c3cc(OC)ccc3cc2c1. The number of aldehydes is 1. The highest BCUT2D eigenvalue weighted by atomic mass is 16.5. The fraction of sp³-hybridized carbons (Fsp3) is 0.118. The number of hydrogen-bond donors (Lipinski definition) is 0. The maximum atomic E-state index is 11.5. The molecule has 0 N–H and O–H groups in total. The smallest absolute Gasteiger partial charge is 0.151 e. The number of hydrogen-bond acceptors (Lipinski definition) is 3. The lowest BCUT2D eigenvalue weighted by Gasteiger charge is -2.09. The molecule has 3 heteroatoms. The number of carbonyl (C=O) groups is 1. The minimum Gasteiger partial charge on any atom is -0.497 e. The third-order valence-corrected chi connectivity index (χ3v) is 3.53. The van der Waals surface area contributed by atoms with Gasteiger partial charge in [-0.3, -0.25) is 4.79 Å². The van der Waals surface area contributed by atoms with E-state index in [-0.39, 0.29) is 0 Å². The van der Waals surface area contributed by atoms with Gasteiger partial charge >= 0.3 is 0 Å². The zero-order valence-corrected chi connectivity index (χ0v) is 11.3. The summed E-state index contributed by atoms with van der Waals surface area (Å²) in [5.74, 6) is 1.52. The van der Waals surface area contributed by atoms with Gasteiger partial charge in [0, 0.05) is 5.56 Å². The quantitative estimate of drug-likeness (QED) is 0.534. The first-order valence-corrected chi connectivity index (χ1v) is 6.30. The van der Waals surface area contributed by atoms with Crippen molar-refractivity contribution >= 4 is 27.8 Å². The summed E-state index contributed by atoms with van der Waals surface area (Å²) in [5, 5.41) is 3.82. The Hall–Kier alpha value is -2.55. The minimum absolute atomic E-state index is 0.680. The van der Waals surface area contributed by atoms with Gasteiger partial charge in [-0.15, -0.1) is 0 Å². The van der Waals surface area contributed by atoms with E-state index < -0.39 is 0 Å². The fourth-order valence-electron chi connectivity index (χ4n) is 2.49. The highest BCUT2D eigenvalue weighted by Gasteiger charge is 2.09. The number of rotatable bonds is 3. The maximum Gasteiger partial charge on any atom is 0.151 e. The number of methoxy groups -OCH3 is 2. The summed E-state index contributed by atoms with van der Waals surface area (Å²) in [6.07, 6.45) is 0.899. The standard InChI is InChI=1S/C17H14O3/c1-19-13-5-6-15-12(8-13)7-11-3-4-14(20-2)9-16(11)17(15)10-18/h3-10H,1-2H3. The molecule has 0 saturated heterocycles. The van der Waals surface area contributed by atoms with Gasteiger partial charge in [-0.05, 0) is 57.9 Å². The molecule has 0 amide bonds. The van der Waals surface area contributed by atoms with Crippen LogP contribution in [-0.4, -0.2) is 20.5 Å². The third-order valence-electron chi connectivity index (χ3n) is 3.53. The van der Waals surface area contributed by atoms with E-state index in [4.69, 9.17) is 9.47 Å². The average Bonchev–Trinajstić information content (AvgIpc) is 2.51. The summed E-state index contributed by atoms with van der Waals surface area (Å²) in [6.45, 7) is 0. The zero-order chi connectivity index (χ0) is 14.1. The topological polar surface area (TPSA) is 35.5 Å². The second-order valence-electron chi connectivity index (χ2n) is 4.58. The molecule has 3 rings (SSSR count). The largest absolute Gasteiger partial charge is 0.497 e. The van der Waals surface area contributed by atoms with Crippen molar-refractivity contribution in [2.24, 2.45) is 0 Å². The van der Waals surface area contributed by atoms with Crippen LogP contribution in [0.1, 0.15) is 10.4 Å². The molecule has 0 bridgehead atoms. The van der Waals surface area contributed by atoms with E-state index in [9.17, 15) is 4.79 Å². The number of ether oxygens (including phenoxy) is 2. The summed E-state index contributed by atoms with van der Waals surface area (Å²) < 4.78 is 10.5. The summed E-state index contributed by atoms with van der Waals surface area (Å²) in [7, 11) is 3.25. The molecule has 0 aliphatic heterocycles. The van der Waals surface area contributed by atoms with Crippen molar-refractivity contribution in [3.05, 3.63) is 48.0 Å². The van der Waals surface area contributed by atoms with Gasteiger partial charge in [0.2, 0.25) is 0 Å². The van der Waals surface area contributed by atoms with Crippen LogP contribution in [0.5, 0.6) is 11.5 Å². The fourth-order valence-corrected chi connectivity index (χ4v) is 2.49. The van der Waals surface area contributed by atoms with Gasteiger partial charge in [0.05, 0.1) is 14.2 Å². The molecule has 0 heterocycles. The molecule has 0 atom stereocenters. The molecule has 3 aromatic rings. The van der Waals surface area contributed by atoms with E-state index in [0.717, 1.165) is 39.3 Å². The average molecular weight is 266 g/mol. The molecule has 0 aliphatic carbocycles. The van der Waals surface area contributed by atoms with Crippen LogP contribution in [0.2, 0.25) is 0 Å². The van der Waals surface area contributed by atoms with Crippen molar-refractivity contribution in [2.75, 3.05) is 14.2 Å². The summed E-state index contributed by atoms with van der Waals surface area (Å²) in [4.78, 5) is 11.5. The van der Waals surface area contributed by atoms with E-state index >= 15 is 0 Å². The van der Waals surface area contributed by atoms with Crippen molar-refractivity contribution in [1.82, 2.24) is 0 Å². The van der Waals surface area contributed by atoms with Crippen molar-refractivity contribution in [2.45, 2.75) is 0 Å². The predicted octanol–water partition coefficient (Wildman–Crippen LogP) is 3.82. The van der Waals surface area contributed by atoms with E-state index in [2.05, 4.69) is 6.07 Å². The molecule has 0 unspecified atom stereocenters.